The molecule has 0 aliphatic carbocycles. The maximum absolute atomic E-state index is 11.7. The third-order valence-corrected chi connectivity index (χ3v) is 4.14. The fourth-order valence-electron chi connectivity index (χ4n) is 2.22. The lowest BCUT2D eigenvalue weighted by Gasteiger charge is -2.32. The van der Waals surface area contributed by atoms with Crippen LogP contribution in [0.1, 0.15) is 45.0 Å². The molecule has 1 saturated heterocycles. The number of carbonyl (C=O) groups is 1. The summed E-state index contributed by atoms with van der Waals surface area (Å²) >= 11 is 0. The Labute approximate surface area is 120 Å². The van der Waals surface area contributed by atoms with Crippen LogP contribution in [0.2, 0.25) is 0 Å². The molecule has 1 heterocycles. The lowest BCUT2D eigenvalue weighted by atomic mass is 9.77. The summed E-state index contributed by atoms with van der Waals surface area (Å²) in [5, 5.41) is 0. The van der Waals surface area contributed by atoms with E-state index in [1.54, 1.807) is 13.2 Å². The molecule has 1 fully saturated rings. The van der Waals surface area contributed by atoms with Crippen LogP contribution in [0.4, 0.5) is 0 Å². The second-order valence-electron chi connectivity index (χ2n) is 6.07. The fraction of sp³-hybridized carbons (Fsp3) is 0.533. The van der Waals surface area contributed by atoms with Gasteiger partial charge in [0.1, 0.15) is 5.75 Å². The van der Waals surface area contributed by atoms with Crippen LogP contribution < -0.4 is 10.2 Å². The first-order valence-corrected chi connectivity index (χ1v) is 6.73. The van der Waals surface area contributed by atoms with E-state index in [2.05, 4.69) is 0 Å². The maximum atomic E-state index is 11.7. The molecule has 1 aliphatic heterocycles. The number of rotatable bonds is 3. The quantitative estimate of drug-likeness (QED) is 0.627. The summed E-state index contributed by atoms with van der Waals surface area (Å²) in [6.07, 6.45) is 0. The Kier molecular flexibility index (Phi) is 3.69. The van der Waals surface area contributed by atoms with Crippen molar-refractivity contribution in [1.29, 1.82) is 0 Å². The van der Waals surface area contributed by atoms with E-state index < -0.39 is 18.3 Å². The molecule has 0 N–H and O–H groups in total. The minimum Gasteiger partial charge on any atom is -0.496 e. The summed E-state index contributed by atoms with van der Waals surface area (Å²) in [6, 6.07) is 5.43. The number of hydrogen-bond acceptors (Lipinski definition) is 4. The molecule has 0 aromatic heterocycles. The van der Waals surface area contributed by atoms with Gasteiger partial charge in [0.25, 0.3) is 0 Å². The molecular weight excluding hydrogens is 255 g/mol. The normalized spacial score (nSPS) is 20.0. The first-order chi connectivity index (χ1) is 9.19. The van der Waals surface area contributed by atoms with E-state index in [1.165, 1.54) is 6.92 Å². The summed E-state index contributed by atoms with van der Waals surface area (Å²) in [5.41, 5.74) is 0.447. The Morgan fingerprint density at radius 1 is 1.15 bits per heavy atom. The van der Waals surface area contributed by atoms with E-state index in [0.29, 0.717) is 11.3 Å². The van der Waals surface area contributed by atoms with Gasteiger partial charge < -0.3 is 14.0 Å². The van der Waals surface area contributed by atoms with Gasteiger partial charge in [-0.15, -0.1) is 0 Å². The Morgan fingerprint density at radius 3 is 2.15 bits per heavy atom. The highest BCUT2D eigenvalue weighted by Gasteiger charge is 2.52. The highest BCUT2D eigenvalue weighted by atomic mass is 16.7. The average molecular weight is 276 g/mol. The van der Waals surface area contributed by atoms with Crippen LogP contribution in [-0.2, 0) is 9.31 Å². The van der Waals surface area contributed by atoms with Gasteiger partial charge in [0.05, 0.1) is 23.9 Å². The van der Waals surface area contributed by atoms with Gasteiger partial charge in [0, 0.05) is 5.46 Å². The van der Waals surface area contributed by atoms with Gasteiger partial charge in [-0.1, -0.05) is 12.1 Å². The molecule has 1 aromatic rings. The molecule has 0 amide bonds. The van der Waals surface area contributed by atoms with E-state index in [1.807, 2.05) is 39.8 Å². The molecule has 2 rings (SSSR count). The average Bonchev–Trinajstić information content (AvgIpc) is 2.57. The van der Waals surface area contributed by atoms with Crippen molar-refractivity contribution in [3.8, 4) is 5.75 Å². The largest absolute Gasteiger partial charge is 0.498 e. The van der Waals surface area contributed by atoms with Crippen LogP contribution in [0.3, 0.4) is 0 Å². The van der Waals surface area contributed by atoms with E-state index in [0.717, 1.165) is 5.46 Å². The first kappa shape index (κ1) is 15.1. The Morgan fingerprint density at radius 2 is 1.70 bits per heavy atom. The number of hydrogen-bond donors (Lipinski definition) is 0. The van der Waals surface area contributed by atoms with Crippen molar-refractivity contribution in [1.82, 2.24) is 0 Å². The molecule has 1 aliphatic rings. The smallest absolute Gasteiger partial charge is 0.496 e. The standard InChI is InChI=1S/C15H21BO4/c1-10(17)11-8-7-9-12(13(11)18-6)16-19-14(2,3)15(4,5)20-16/h7-9H,1-6H3. The minimum atomic E-state index is -0.533. The molecule has 0 saturated carbocycles. The minimum absolute atomic E-state index is 0.0415. The fourth-order valence-corrected chi connectivity index (χ4v) is 2.22. The van der Waals surface area contributed by atoms with Crippen LogP contribution >= 0.6 is 0 Å². The van der Waals surface area contributed by atoms with E-state index >= 15 is 0 Å². The predicted octanol–water partition coefficient (Wildman–Crippen LogP) is 2.20. The van der Waals surface area contributed by atoms with Crippen molar-refractivity contribution in [2.45, 2.75) is 45.8 Å². The molecule has 4 nitrogen and oxygen atoms in total. The maximum Gasteiger partial charge on any atom is 0.498 e. The molecular formula is C15H21BO4. The zero-order valence-corrected chi connectivity index (χ0v) is 12.9. The van der Waals surface area contributed by atoms with Crippen LogP contribution in [-0.4, -0.2) is 31.2 Å². The predicted molar refractivity (Wildman–Crippen MR) is 78.7 cm³/mol. The number of ketones is 1. The number of carbonyl (C=O) groups excluding carboxylic acids is 1. The highest BCUT2D eigenvalue weighted by Crippen LogP contribution is 2.37. The molecule has 20 heavy (non-hydrogen) atoms. The molecule has 108 valence electrons. The van der Waals surface area contributed by atoms with Gasteiger partial charge >= 0.3 is 7.12 Å². The molecule has 0 spiro atoms. The van der Waals surface area contributed by atoms with Crippen molar-refractivity contribution >= 4 is 18.4 Å². The lowest BCUT2D eigenvalue weighted by Crippen LogP contribution is -2.41. The first-order valence-electron chi connectivity index (χ1n) is 6.73. The van der Waals surface area contributed by atoms with Crippen molar-refractivity contribution in [3.63, 3.8) is 0 Å². The Bertz CT molecular complexity index is 521. The van der Waals surface area contributed by atoms with Crippen LogP contribution in [0, 0.1) is 0 Å². The van der Waals surface area contributed by atoms with Gasteiger partial charge in [0.15, 0.2) is 5.78 Å². The Hall–Kier alpha value is -1.33. The molecule has 1 aromatic carbocycles. The van der Waals surface area contributed by atoms with Gasteiger partial charge in [-0.3, -0.25) is 4.79 Å². The third kappa shape index (κ3) is 2.36. The monoisotopic (exact) mass is 276 g/mol. The van der Waals surface area contributed by atoms with Gasteiger partial charge in [-0.2, -0.15) is 0 Å². The third-order valence-electron chi connectivity index (χ3n) is 4.14. The van der Waals surface area contributed by atoms with Crippen LogP contribution in [0.15, 0.2) is 18.2 Å². The molecule has 0 bridgehead atoms. The summed E-state index contributed by atoms with van der Waals surface area (Å²) in [6.45, 7) is 9.50. The van der Waals surface area contributed by atoms with Gasteiger partial charge in [-0.05, 0) is 40.7 Å². The molecule has 5 heteroatoms. The van der Waals surface area contributed by atoms with E-state index in [-0.39, 0.29) is 5.78 Å². The topological polar surface area (TPSA) is 44.8 Å². The molecule has 0 radical (unpaired) electrons. The van der Waals surface area contributed by atoms with Crippen LogP contribution in [0.25, 0.3) is 0 Å². The van der Waals surface area contributed by atoms with Crippen molar-refractivity contribution < 1.29 is 18.8 Å². The molecule has 0 unspecified atom stereocenters. The van der Waals surface area contributed by atoms with Gasteiger partial charge in [0.2, 0.25) is 0 Å². The second-order valence-corrected chi connectivity index (χ2v) is 6.07. The Balaban J connectivity index is 2.45. The lowest BCUT2D eigenvalue weighted by molar-refractivity contribution is 0.00578. The van der Waals surface area contributed by atoms with Crippen LogP contribution in [0.5, 0.6) is 5.75 Å². The summed E-state index contributed by atoms with van der Waals surface area (Å²) in [7, 11) is 1.02. The number of ether oxygens (including phenoxy) is 1. The zero-order chi connectivity index (χ0) is 15.1. The summed E-state index contributed by atoms with van der Waals surface area (Å²) in [4.78, 5) is 11.7. The van der Waals surface area contributed by atoms with Gasteiger partial charge in [-0.25, -0.2) is 0 Å². The zero-order valence-electron chi connectivity index (χ0n) is 12.9. The molecule has 0 atom stereocenters. The van der Waals surface area contributed by atoms with Crippen molar-refractivity contribution in [2.75, 3.05) is 7.11 Å². The van der Waals surface area contributed by atoms with E-state index in [4.69, 9.17) is 14.0 Å². The van der Waals surface area contributed by atoms with Crippen molar-refractivity contribution in [3.05, 3.63) is 23.8 Å². The number of para-hydroxylation sites is 1. The number of benzene rings is 1. The second kappa shape index (κ2) is 4.90. The SMILES string of the molecule is COc1c(B2OC(C)(C)C(C)(C)O2)cccc1C(C)=O. The number of Topliss-reactive ketones (excluding diaryl/α,β-unsaturated/α-hetero) is 1. The van der Waals surface area contributed by atoms with E-state index in [9.17, 15) is 4.79 Å². The summed E-state index contributed by atoms with van der Waals surface area (Å²) < 4.78 is 17.4. The highest BCUT2D eigenvalue weighted by molar-refractivity contribution is 6.63. The summed E-state index contributed by atoms with van der Waals surface area (Å²) in [5.74, 6) is 0.485. The van der Waals surface area contributed by atoms with Crippen molar-refractivity contribution in [2.24, 2.45) is 0 Å². The number of methoxy groups -OCH3 is 1.